The lowest BCUT2D eigenvalue weighted by molar-refractivity contribution is -0.161. The smallest absolute Gasteiger partial charge is 0.330 e. The zero-order valence-corrected chi connectivity index (χ0v) is 10.5. The number of hydrogen-bond acceptors (Lipinski definition) is 4. The van der Waals surface area contributed by atoms with Crippen LogP contribution in [0.25, 0.3) is 0 Å². The first kappa shape index (κ1) is 15.1. The Kier molecular flexibility index (Phi) is 7.81. The standard InChI is InChI=1S/C12H23NO3/c1-4-6-7-8-10(14)16-12(15)11(13)9(3)5-2/h9,11H,4-8,13H2,1-3H3/t9-,11-/m0/s1. The van der Waals surface area contributed by atoms with Gasteiger partial charge in [0.1, 0.15) is 6.04 Å². The lowest BCUT2D eigenvalue weighted by Crippen LogP contribution is -2.39. The summed E-state index contributed by atoms with van der Waals surface area (Å²) in [5.41, 5.74) is 5.65. The number of unbranched alkanes of at least 4 members (excludes halogenated alkanes) is 2. The summed E-state index contributed by atoms with van der Waals surface area (Å²) < 4.78 is 4.68. The highest BCUT2D eigenvalue weighted by atomic mass is 16.6. The van der Waals surface area contributed by atoms with Gasteiger partial charge in [-0.25, -0.2) is 4.79 Å². The van der Waals surface area contributed by atoms with Crippen LogP contribution in [0.2, 0.25) is 0 Å². The van der Waals surface area contributed by atoms with Crippen LogP contribution in [0.3, 0.4) is 0 Å². The minimum absolute atomic E-state index is 0.0379. The molecule has 0 aromatic carbocycles. The van der Waals surface area contributed by atoms with Crippen LogP contribution in [0.4, 0.5) is 0 Å². The van der Waals surface area contributed by atoms with Crippen LogP contribution in [-0.4, -0.2) is 18.0 Å². The third-order valence-electron chi connectivity index (χ3n) is 2.73. The lowest BCUT2D eigenvalue weighted by atomic mass is 10.0. The summed E-state index contributed by atoms with van der Waals surface area (Å²) in [6, 6.07) is -0.694. The van der Waals surface area contributed by atoms with Crippen molar-refractivity contribution < 1.29 is 14.3 Å². The van der Waals surface area contributed by atoms with Crippen molar-refractivity contribution in [3.63, 3.8) is 0 Å². The van der Waals surface area contributed by atoms with E-state index in [1.807, 2.05) is 13.8 Å². The van der Waals surface area contributed by atoms with Gasteiger partial charge < -0.3 is 10.5 Å². The van der Waals surface area contributed by atoms with Gasteiger partial charge in [-0.3, -0.25) is 4.79 Å². The number of rotatable bonds is 7. The maximum atomic E-state index is 11.4. The fourth-order valence-corrected chi connectivity index (χ4v) is 1.24. The summed E-state index contributed by atoms with van der Waals surface area (Å²) in [5, 5.41) is 0. The number of carbonyl (C=O) groups is 2. The van der Waals surface area contributed by atoms with Gasteiger partial charge >= 0.3 is 11.9 Å². The number of esters is 2. The first-order valence-corrected chi connectivity index (χ1v) is 6.03. The highest BCUT2D eigenvalue weighted by molar-refractivity contribution is 5.88. The van der Waals surface area contributed by atoms with Crippen molar-refractivity contribution in [1.82, 2.24) is 0 Å². The van der Waals surface area contributed by atoms with Gasteiger partial charge in [0.25, 0.3) is 0 Å². The predicted octanol–water partition coefficient (Wildman–Crippen LogP) is 2.01. The Hall–Kier alpha value is -0.900. The number of ether oxygens (including phenoxy) is 1. The molecule has 0 saturated carbocycles. The van der Waals surface area contributed by atoms with Crippen molar-refractivity contribution in [2.24, 2.45) is 11.7 Å². The Morgan fingerprint density at radius 1 is 1.25 bits per heavy atom. The molecule has 0 heterocycles. The van der Waals surface area contributed by atoms with Gasteiger partial charge in [-0.2, -0.15) is 0 Å². The summed E-state index contributed by atoms with van der Waals surface area (Å²) in [6.07, 6.45) is 3.86. The van der Waals surface area contributed by atoms with E-state index in [2.05, 4.69) is 11.7 Å². The van der Waals surface area contributed by atoms with Crippen LogP contribution in [0.15, 0.2) is 0 Å². The van der Waals surface area contributed by atoms with Crippen molar-refractivity contribution in [2.75, 3.05) is 0 Å². The summed E-state index contributed by atoms with van der Waals surface area (Å²) in [6.45, 7) is 5.86. The molecule has 0 amide bonds. The quantitative estimate of drug-likeness (QED) is 0.412. The molecular formula is C12H23NO3. The fraction of sp³-hybridized carbons (Fsp3) is 0.833. The van der Waals surface area contributed by atoms with Crippen LogP contribution in [0.1, 0.15) is 52.9 Å². The fourth-order valence-electron chi connectivity index (χ4n) is 1.24. The van der Waals surface area contributed by atoms with E-state index >= 15 is 0 Å². The van der Waals surface area contributed by atoms with E-state index in [1.54, 1.807) is 0 Å². The van der Waals surface area contributed by atoms with Crippen molar-refractivity contribution in [3.05, 3.63) is 0 Å². The molecule has 2 atom stereocenters. The predicted molar refractivity (Wildman–Crippen MR) is 62.7 cm³/mol. The molecule has 0 aromatic heterocycles. The van der Waals surface area contributed by atoms with Crippen LogP contribution < -0.4 is 5.73 Å². The molecule has 4 nitrogen and oxygen atoms in total. The van der Waals surface area contributed by atoms with Crippen molar-refractivity contribution in [2.45, 2.75) is 58.9 Å². The molecule has 0 aliphatic carbocycles. The number of nitrogens with two attached hydrogens (primary N) is 1. The topological polar surface area (TPSA) is 69.4 Å². The second-order valence-electron chi connectivity index (χ2n) is 4.16. The SMILES string of the molecule is CCCCCC(=O)OC(=O)[C@@H](N)[C@@H](C)CC. The Bertz CT molecular complexity index is 228. The van der Waals surface area contributed by atoms with Crippen LogP contribution in [0, 0.1) is 5.92 Å². The van der Waals surface area contributed by atoms with Crippen LogP contribution >= 0.6 is 0 Å². The second kappa shape index (κ2) is 8.28. The molecule has 0 unspecified atom stereocenters. The minimum atomic E-state index is -0.694. The molecule has 0 aliphatic heterocycles. The van der Waals surface area contributed by atoms with E-state index < -0.39 is 18.0 Å². The average molecular weight is 229 g/mol. The summed E-state index contributed by atoms with van der Waals surface area (Å²) in [7, 11) is 0. The van der Waals surface area contributed by atoms with Crippen LogP contribution in [-0.2, 0) is 14.3 Å². The third-order valence-corrected chi connectivity index (χ3v) is 2.73. The minimum Gasteiger partial charge on any atom is -0.392 e. The van der Waals surface area contributed by atoms with E-state index in [1.165, 1.54) is 0 Å². The Balaban J connectivity index is 3.90. The molecule has 0 spiro atoms. The summed E-state index contributed by atoms with van der Waals surface area (Å²) >= 11 is 0. The van der Waals surface area contributed by atoms with E-state index in [-0.39, 0.29) is 5.92 Å². The maximum Gasteiger partial charge on any atom is 0.330 e. The molecule has 0 saturated heterocycles. The normalized spacial score (nSPS) is 14.2. The molecular weight excluding hydrogens is 206 g/mol. The molecule has 0 rings (SSSR count). The van der Waals surface area contributed by atoms with Crippen molar-refractivity contribution in [3.8, 4) is 0 Å². The van der Waals surface area contributed by atoms with E-state index in [0.717, 1.165) is 25.7 Å². The molecule has 2 N–H and O–H groups in total. The second-order valence-corrected chi connectivity index (χ2v) is 4.16. The average Bonchev–Trinajstić information content (AvgIpc) is 2.27. The van der Waals surface area contributed by atoms with E-state index in [4.69, 9.17) is 5.73 Å². The summed E-state index contributed by atoms with van der Waals surface area (Å²) in [4.78, 5) is 22.7. The molecule has 16 heavy (non-hydrogen) atoms. The first-order valence-electron chi connectivity index (χ1n) is 6.03. The molecule has 0 radical (unpaired) electrons. The molecule has 0 bridgehead atoms. The first-order chi connectivity index (χ1) is 7.52. The third kappa shape index (κ3) is 5.85. The molecule has 94 valence electrons. The monoisotopic (exact) mass is 229 g/mol. The molecule has 0 aliphatic rings. The number of hydrogen-bond donors (Lipinski definition) is 1. The van der Waals surface area contributed by atoms with E-state index in [0.29, 0.717) is 6.42 Å². The van der Waals surface area contributed by atoms with Gasteiger partial charge in [-0.15, -0.1) is 0 Å². The van der Waals surface area contributed by atoms with E-state index in [9.17, 15) is 9.59 Å². The molecule has 0 aromatic rings. The number of carbonyl (C=O) groups excluding carboxylic acids is 2. The zero-order valence-electron chi connectivity index (χ0n) is 10.5. The van der Waals surface area contributed by atoms with Crippen molar-refractivity contribution >= 4 is 11.9 Å². The maximum absolute atomic E-state index is 11.4. The Morgan fingerprint density at radius 3 is 2.38 bits per heavy atom. The van der Waals surface area contributed by atoms with Gasteiger partial charge in [-0.05, 0) is 12.3 Å². The van der Waals surface area contributed by atoms with Crippen LogP contribution in [0.5, 0.6) is 0 Å². The van der Waals surface area contributed by atoms with Gasteiger partial charge in [0.15, 0.2) is 0 Å². The van der Waals surface area contributed by atoms with Gasteiger partial charge in [0, 0.05) is 6.42 Å². The summed E-state index contributed by atoms with van der Waals surface area (Å²) in [5.74, 6) is -1.02. The van der Waals surface area contributed by atoms with Gasteiger partial charge in [0.05, 0.1) is 0 Å². The highest BCUT2D eigenvalue weighted by Gasteiger charge is 2.23. The van der Waals surface area contributed by atoms with Gasteiger partial charge in [0.2, 0.25) is 0 Å². The Morgan fingerprint density at radius 2 is 1.88 bits per heavy atom. The lowest BCUT2D eigenvalue weighted by Gasteiger charge is -2.15. The van der Waals surface area contributed by atoms with Crippen molar-refractivity contribution in [1.29, 1.82) is 0 Å². The zero-order chi connectivity index (χ0) is 12.6. The highest BCUT2D eigenvalue weighted by Crippen LogP contribution is 2.08. The Labute approximate surface area is 97.5 Å². The van der Waals surface area contributed by atoms with Gasteiger partial charge in [-0.1, -0.05) is 40.0 Å². The molecule has 0 fully saturated rings. The molecule has 4 heteroatoms. The largest absolute Gasteiger partial charge is 0.392 e.